The number of nitrogens with zero attached hydrogens (tertiary/aromatic N) is 2. The molecule has 21 heavy (non-hydrogen) atoms. The van der Waals surface area contributed by atoms with Gasteiger partial charge in [-0.25, -0.2) is 0 Å². The topological polar surface area (TPSA) is 18.5 Å². The molecule has 1 aliphatic rings. The summed E-state index contributed by atoms with van der Waals surface area (Å²) >= 11 is 3.61. The Morgan fingerprint density at radius 2 is 2.10 bits per heavy atom. The second-order valence-electron chi connectivity index (χ2n) is 5.94. The van der Waals surface area contributed by atoms with Gasteiger partial charge in [-0.05, 0) is 50.2 Å². The van der Waals surface area contributed by atoms with Crippen LogP contribution < -0.4 is 10.2 Å². The highest BCUT2D eigenvalue weighted by Gasteiger charge is 2.24. The van der Waals surface area contributed by atoms with Gasteiger partial charge < -0.3 is 10.2 Å². The molecule has 0 aromatic heterocycles. The van der Waals surface area contributed by atoms with Gasteiger partial charge in [0.25, 0.3) is 0 Å². The molecule has 1 saturated heterocycles. The summed E-state index contributed by atoms with van der Waals surface area (Å²) in [6, 6.07) is 7.36. The molecule has 1 aliphatic heterocycles. The maximum Gasteiger partial charge on any atom is 0.0413 e. The summed E-state index contributed by atoms with van der Waals surface area (Å²) in [7, 11) is 2.25. The molecule has 0 spiro atoms. The SMILES string of the molecule is CCCNCc1cc(Br)ccc1N1CCN(C)C(CC)C1. The number of nitrogens with one attached hydrogen (secondary N) is 1. The third-order valence-electron chi connectivity index (χ3n) is 4.37. The van der Waals surface area contributed by atoms with Gasteiger partial charge in [-0.15, -0.1) is 0 Å². The monoisotopic (exact) mass is 353 g/mol. The van der Waals surface area contributed by atoms with E-state index in [1.54, 1.807) is 0 Å². The summed E-state index contributed by atoms with van der Waals surface area (Å²) in [5, 5.41) is 3.53. The first kappa shape index (κ1) is 16.8. The fraction of sp³-hybridized carbons (Fsp3) is 0.647. The second kappa shape index (κ2) is 8.16. The zero-order valence-corrected chi connectivity index (χ0v) is 15.1. The van der Waals surface area contributed by atoms with E-state index in [2.05, 4.69) is 70.1 Å². The van der Waals surface area contributed by atoms with Crippen molar-refractivity contribution >= 4 is 21.6 Å². The van der Waals surface area contributed by atoms with Crippen LogP contribution >= 0.6 is 15.9 Å². The molecule has 4 heteroatoms. The normalized spacial score (nSPS) is 20.0. The lowest BCUT2D eigenvalue weighted by atomic mass is 10.1. The molecule has 1 fully saturated rings. The van der Waals surface area contributed by atoms with Crippen molar-refractivity contribution in [1.82, 2.24) is 10.2 Å². The quantitative estimate of drug-likeness (QED) is 0.789. The molecule has 0 bridgehead atoms. The Hall–Kier alpha value is -0.580. The number of hydrogen-bond acceptors (Lipinski definition) is 3. The van der Waals surface area contributed by atoms with E-state index < -0.39 is 0 Å². The third-order valence-corrected chi connectivity index (χ3v) is 4.87. The Balaban J connectivity index is 2.14. The van der Waals surface area contributed by atoms with Gasteiger partial charge in [0.2, 0.25) is 0 Å². The molecule has 1 unspecified atom stereocenters. The fourth-order valence-electron chi connectivity index (χ4n) is 3.01. The predicted octanol–water partition coefficient (Wildman–Crippen LogP) is 3.48. The maximum absolute atomic E-state index is 3.61. The lowest BCUT2D eigenvalue weighted by Gasteiger charge is -2.41. The highest BCUT2D eigenvalue weighted by Crippen LogP contribution is 2.27. The van der Waals surface area contributed by atoms with E-state index in [9.17, 15) is 0 Å². The van der Waals surface area contributed by atoms with Gasteiger partial charge in [0.05, 0.1) is 0 Å². The fourth-order valence-corrected chi connectivity index (χ4v) is 3.42. The van der Waals surface area contributed by atoms with Crippen molar-refractivity contribution in [1.29, 1.82) is 0 Å². The first-order chi connectivity index (χ1) is 10.2. The molecule has 0 amide bonds. The van der Waals surface area contributed by atoms with E-state index in [0.717, 1.165) is 32.7 Å². The van der Waals surface area contributed by atoms with Gasteiger partial charge in [0.15, 0.2) is 0 Å². The van der Waals surface area contributed by atoms with Gasteiger partial charge in [-0.3, -0.25) is 4.90 Å². The summed E-state index contributed by atoms with van der Waals surface area (Å²) in [6.45, 7) is 9.93. The minimum absolute atomic E-state index is 0.666. The van der Waals surface area contributed by atoms with E-state index in [-0.39, 0.29) is 0 Å². The Morgan fingerprint density at radius 3 is 2.81 bits per heavy atom. The molecule has 118 valence electrons. The van der Waals surface area contributed by atoms with Crippen LogP contribution in [0.5, 0.6) is 0 Å². The predicted molar refractivity (Wildman–Crippen MR) is 95.1 cm³/mol. The molecule has 1 aromatic rings. The van der Waals surface area contributed by atoms with Crippen molar-refractivity contribution in [2.24, 2.45) is 0 Å². The minimum Gasteiger partial charge on any atom is -0.368 e. The molecule has 0 radical (unpaired) electrons. The molecule has 1 atom stereocenters. The molecule has 1 aromatic carbocycles. The summed E-state index contributed by atoms with van der Waals surface area (Å²) in [6.07, 6.45) is 2.39. The number of likely N-dealkylation sites (N-methyl/N-ethyl adjacent to an activating group) is 1. The largest absolute Gasteiger partial charge is 0.368 e. The van der Waals surface area contributed by atoms with E-state index in [4.69, 9.17) is 0 Å². The van der Waals surface area contributed by atoms with Crippen molar-refractivity contribution in [3.05, 3.63) is 28.2 Å². The standard InChI is InChI=1S/C17H28BrN3/c1-4-8-19-12-14-11-15(18)6-7-17(14)21-10-9-20(3)16(5-2)13-21/h6-7,11,16,19H,4-5,8-10,12-13H2,1-3H3. The van der Waals surface area contributed by atoms with Crippen molar-refractivity contribution in [2.75, 3.05) is 38.1 Å². The van der Waals surface area contributed by atoms with E-state index in [1.807, 2.05) is 0 Å². The van der Waals surface area contributed by atoms with Crippen LogP contribution in [0.1, 0.15) is 32.3 Å². The Kier molecular flexibility index (Phi) is 6.52. The Bertz CT molecular complexity index is 450. The molecule has 1 N–H and O–H groups in total. The van der Waals surface area contributed by atoms with Crippen molar-refractivity contribution < 1.29 is 0 Å². The highest BCUT2D eigenvalue weighted by molar-refractivity contribution is 9.10. The van der Waals surface area contributed by atoms with E-state index in [1.165, 1.54) is 28.6 Å². The Morgan fingerprint density at radius 1 is 1.29 bits per heavy atom. The summed E-state index contributed by atoms with van der Waals surface area (Å²) in [5.41, 5.74) is 2.80. The number of piperazine rings is 1. The van der Waals surface area contributed by atoms with Crippen LogP contribution in [0.25, 0.3) is 0 Å². The van der Waals surface area contributed by atoms with Crippen molar-refractivity contribution in [2.45, 2.75) is 39.3 Å². The number of rotatable bonds is 6. The highest BCUT2D eigenvalue weighted by atomic mass is 79.9. The molecule has 3 nitrogen and oxygen atoms in total. The Labute approximate surface area is 137 Å². The van der Waals surface area contributed by atoms with E-state index >= 15 is 0 Å². The van der Waals surface area contributed by atoms with E-state index in [0.29, 0.717) is 6.04 Å². The maximum atomic E-state index is 3.61. The van der Waals surface area contributed by atoms with Gasteiger partial charge in [0.1, 0.15) is 0 Å². The van der Waals surface area contributed by atoms with Crippen LogP contribution in [-0.4, -0.2) is 44.2 Å². The first-order valence-electron chi connectivity index (χ1n) is 8.10. The zero-order valence-electron chi connectivity index (χ0n) is 13.5. The van der Waals surface area contributed by atoms with Crippen LogP contribution in [0.2, 0.25) is 0 Å². The average molecular weight is 354 g/mol. The number of benzene rings is 1. The average Bonchev–Trinajstić information content (AvgIpc) is 2.48. The molecule has 0 saturated carbocycles. The smallest absolute Gasteiger partial charge is 0.0413 e. The van der Waals surface area contributed by atoms with Crippen molar-refractivity contribution in [3.8, 4) is 0 Å². The number of hydrogen-bond donors (Lipinski definition) is 1. The minimum atomic E-state index is 0.666. The molecular formula is C17H28BrN3. The number of halogens is 1. The van der Waals surface area contributed by atoms with Crippen LogP contribution in [0, 0.1) is 0 Å². The molecular weight excluding hydrogens is 326 g/mol. The number of anilines is 1. The van der Waals surface area contributed by atoms with Crippen LogP contribution in [0.15, 0.2) is 22.7 Å². The van der Waals surface area contributed by atoms with Crippen molar-refractivity contribution in [3.63, 3.8) is 0 Å². The molecule has 0 aliphatic carbocycles. The zero-order chi connectivity index (χ0) is 15.2. The first-order valence-corrected chi connectivity index (χ1v) is 8.89. The van der Waals surface area contributed by atoms with Crippen LogP contribution in [-0.2, 0) is 6.54 Å². The summed E-state index contributed by atoms with van der Waals surface area (Å²) in [5.74, 6) is 0. The molecule has 2 rings (SSSR count). The summed E-state index contributed by atoms with van der Waals surface area (Å²) < 4.78 is 1.17. The lowest BCUT2D eigenvalue weighted by Crippen LogP contribution is -2.51. The third kappa shape index (κ3) is 4.44. The summed E-state index contributed by atoms with van der Waals surface area (Å²) in [4.78, 5) is 5.05. The van der Waals surface area contributed by atoms with Gasteiger partial charge in [-0.1, -0.05) is 29.8 Å². The van der Waals surface area contributed by atoms with Gasteiger partial charge >= 0.3 is 0 Å². The van der Waals surface area contributed by atoms with Gasteiger partial charge in [-0.2, -0.15) is 0 Å². The lowest BCUT2D eigenvalue weighted by molar-refractivity contribution is 0.213. The van der Waals surface area contributed by atoms with Crippen LogP contribution in [0.4, 0.5) is 5.69 Å². The molecule has 1 heterocycles. The van der Waals surface area contributed by atoms with Gasteiger partial charge in [0, 0.05) is 42.4 Å². The second-order valence-corrected chi connectivity index (χ2v) is 6.85. The van der Waals surface area contributed by atoms with Crippen LogP contribution in [0.3, 0.4) is 0 Å².